The highest BCUT2D eigenvalue weighted by atomic mass is 35.5. The Morgan fingerprint density at radius 1 is 1.26 bits per heavy atom. The summed E-state index contributed by atoms with van der Waals surface area (Å²) in [6, 6.07) is 9.55. The lowest BCUT2D eigenvalue weighted by atomic mass is 9.95. The fraction of sp³-hybridized carbons (Fsp3) is 0.318. The third kappa shape index (κ3) is 3.57. The van der Waals surface area contributed by atoms with Crippen molar-refractivity contribution >= 4 is 29.4 Å². The molecule has 0 spiro atoms. The summed E-state index contributed by atoms with van der Waals surface area (Å²) in [5.74, 6) is -0.0270. The lowest BCUT2D eigenvalue weighted by Gasteiger charge is -2.34. The second-order valence-electron chi connectivity index (χ2n) is 8.04. The van der Waals surface area contributed by atoms with Crippen LogP contribution in [0.4, 0.5) is 4.79 Å². The van der Waals surface area contributed by atoms with Gasteiger partial charge < -0.3 is 20.0 Å². The molecule has 2 aliphatic heterocycles. The number of furan rings is 1. The maximum Gasteiger partial charge on any atom is 0.322 e. The fourth-order valence-corrected chi connectivity index (χ4v) is 4.13. The van der Waals surface area contributed by atoms with E-state index in [0.29, 0.717) is 27.6 Å². The van der Waals surface area contributed by atoms with Gasteiger partial charge in [0.15, 0.2) is 0 Å². The number of hydrogen-bond acceptors (Lipinski definition) is 4. The molecule has 4 rings (SSSR count). The van der Waals surface area contributed by atoms with Gasteiger partial charge in [0.05, 0.1) is 36.7 Å². The molecule has 4 amide bonds. The Labute approximate surface area is 184 Å². The van der Waals surface area contributed by atoms with Gasteiger partial charge in [-0.15, -0.1) is 0 Å². The van der Waals surface area contributed by atoms with Gasteiger partial charge in [0.2, 0.25) is 5.91 Å². The molecular weight excluding hydrogens is 420 g/mol. The molecular formula is C22H23ClN4O4. The second kappa shape index (κ2) is 7.77. The smallest absolute Gasteiger partial charge is 0.322 e. The molecule has 0 saturated carbocycles. The van der Waals surface area contributed by atoms with Crippen LogP contribution in [0.15, 0.2) is 58.3 Å². The summed E-state index contributed by atoms with van der Waals surface area (Å²) in [4.78, 5) is 42.0. The van der Waals surface area contributed by atoms with Crippen LogP contribution in [0.5, 0.6) is 0 Å². The minimum atomic E-state index is -1.16. The normalized spacial score (nSPS) is 18.9. The van der Waals surface area contributed by atoms with E-state index in [1.165, 1.54) is 16.1 Å². The SMILES string of the molecule is CN1C(=O)N[C@@H](c2ccccc2Cl)C2=C1CN(C(C)(C)C(=O)NCc1ccco1)C2=O. The molecule has 1 atom stereocenters. The third-order valence-electron chi connectivity index (χ3n) is 5.81. The number of amides is 4. The largest absolute Gasteiger partial charge is 0.467 e. The van der Waals surface area contributed by atoms with Crippen molar-refractivity contribution in [3.05, 3.63) is 70.3 Å². The highest BCUT2D eigenvalue weighted by molar-refractivity contribution is 6.31. The van der Waals surface area contributed by atoms with Gasteiger partial charge in [0.25, 0.3) is 5.91 Å². The van der Waals surface area contributed by atoms with Crippen molar-refractivity contribution in [2.24, 2.45) is 0 Å². The summed E-state index contributed by atoms with van der Waals surface area (Å²) in [7, 11) is 1.61. The van der Waals surface area contributed by atoms with Crippen LogP contribution in [0.2, 0.25) is 5.02 Å². The lowest BCUT2D eigenvalue weighted by Crippen LogP contribution is -2.56. The van der Waals surface area contributed by atoms with E-state index in [9.17, 15) is 14.4 Å². The molecule has 162 valence electrons. The minimum absolute atomic E-state index is 0.139. The number of carbonyl (C=O) groups is 3. The monoisotopic (exact) mass is 442 g/mol. The van der Waals surface area contributed by atoms with E-state index in [0.717, 1.165) is 0 Å². The van der Waals surface area contributed by atoms with Crippen molar-refractivity contribution < 1.29 is 18.8 Å². The Hall–Kier alpha value is -3.26. The molecule has 0 saturated heterocycles. The third-order valence-corrected chi connectivity index (χ3v) is 6.15. The van der Waals surface area contributed by atoms with Crippen molar-refractivity contribution in [3.63, 3.8) is 0 Å². The minimum Gasteiger partial charge on any atom is -0.467 e. The molecule has 9 heteroatoms. The van der Waals surface area contributed by atoms with Crippen LogP contribution in [-0.2, 0) is 16.1 Å². The van der Waals surface area contributed by atoms with Crippen molar-refractivity contribution in [1.82, 2.24) is 20.4 Å². The van der Waals surface area contributed by atoms with Gasteiger partial charge in [0.1, 0.15) is 11.3 Å². The molecule has 2 aliphatic rings. The van der Waals surface area contributed by atoms with Gasteiger partial charge in [-0.3, -0.25) is 14.5 Å². The van der Waals surface area contributed by atoms with Crippen LogP contribution >= 0.6 is 11.6 Å². The number of nitrogens with one attached hydrogen (secondary N) is 2. The first-order chi connectivity index (χ1) is 14.7. The van der Waals surface area contributed by atoms with Crippen LogP contribution in [0, 0.1) is 0 Å². The Balaban J connectivity index is 1.62. The van der Waals surface area contributed by atoms with Crippen molar-refractivity contribution in [2.45, 2.75) is 32.0 Å². The maximum atomic E-state index is 13.5. The lowest BCUT2D eigenvalue weighted by molar-refractivity contribution is -0.142. The van der Waals surface area contributed by atoms with Gasteiger partial charge in [-0.05, 0) is 37.6 Å². The second-order valence-corrected chi connectivity index (χ2v) is 8.44. The summed E-state index contributed by atoms with van der Waals surface area (Å²) >= 11 is 6.36. The number of likely N-dealkylation sites (N-methyl/N-ethyl adjacent to an activating group) is 1. The first-order valence-corrected chi connectivity index (χ1v) is 10.2. The quantitative estimate of drug-likeness (QED) is 0.744. The first-order valence-electron chi connectivity index (χ1n) is 9.86. The zero-order valence-electron chi connectivity index (χ0n) is 17.4. The zero-order valence-corrected chi connectivity index (χ0v) is 18.2. The molecule has 8 nitrogen and oxygen atoms in total. The number of halogens is 1. The molecule has 1 aromatic heterocycles. The van der Waals surface area contributed by atoms with Crippen LogP contribution in [0.3, 0.4) is 0 Å². The summed E-state index contributed by atoms with van der Waals surface area (Å²) < 4.78 is 5.25. The summed E-state index contributed by atoms with van der Waals surface area (Å²) in [6.45, 7) is 3.72. The number of benzene rings is 1. The molecule has 0 unspecified atom stereocenters. The average Bonchev–Trinajstić information content (AvgIpc) is 3.38. The Morgan fingerprint density at radius 2 is 2.00 bits per heavy atom. The summed E-state index contributed by atoms with van der Waals surface area (Å²) in [5, 5.41) is 6.12. The van der Waals surface area contributed by atoms with Gasteiger partial charge in [-0.2, -0.15) is 0 Å². The molecule has 2 aromatic rings. The Bertz CT molecular complexity index is 1080. The van der Waals surface area contributed by atoms with Crippen molar-refractivity contribution in [3.8, 4) is 0 Å². The molecule has 0 fully saturated rings. The standard InChI is InChI=1S/C22H23ClN4O4/c1-22(2,20(29)24-11-13-7-6-10-31-13)27-12-16-17(19(27)28)18(25-21(30)26(16)3)14-8-4-5-9-15(14)23/h4-10,18H,11-12H2,1-3H3,(H,24,29)(H,25,30)/t18-/m0/s1. The zero-order chi connectivity index (χ0) is 22.3. The number of nitrogens with zero attached hydrogens (tertiary/aromatic N) is 2. The van der Waals surface area contributed by atoms with E-state index in [1.54, 1.807) is 57.3 Å². The van der Waals surface area contributed by atoms with Crippen molar-refractivity contribution in [1.29, 1.82) is 0 Å². The molecule has 0 bridgehead atoms. The molecule has 0 aliphatic carbocycles. The predicted molar refractivity (Wildman–Crippen MR) is 114 cm³/mol. The van der Waals surface area contributed by atoms with Crippen LogP contribution in [-0.4, -0.2) is 46.8 Å². The molecule has 31 heavy (non-hydrogen) atoms. The molecule has 3 heterocycles. The van der Waals surface area contributed by atoms with E-state index >= 15 is 0 Å². The van der Waals surface area contributed by atoms with Crippen molar-refractivity contribution in [2.75, 3.05) is 13.6 Å². The van der Waals surface area contributed by atoms with Gasteiger partial charge >= 0.3 is 6.03 Å². The predicted octanol–water partition coefficient (Wildman–Crippen LogP) is 2.82. The van der Waals surface area contributed by atoms with E-state index in [2.05, 4.69) is 10.6 Å². The summed E-state index contributed by atoms with van der Waals surface area (Å²) in [6.07, 6.45) is 1.53. The number of urea groups is 1. The fourth-order valence-electron chi connectivity index (χ4n) is 3.88. The van der Waals surface area contributed by atoms with E-state index in [1.807, 2.05) is 0 Å². The molecule has 1 aromatic carbocycles. The van der Waals surface area contributed by atoms with E-state index in [4.69, 9.17) is 16.0 Å². The van der Waals surface area contributed by atoms with Crippen LogP contribution < -0.4 is 10.6 Å². The number of carbonyl (C=O) groups excluding carboxylic acids is 3. The molecule has 2 N–H and O–H groups in total. The van der Waals surface area contributed by atoms with Crippen LogP contribution in [0.25, 0.3) is 0 Å². The number of rotatable bonds is 5. The van der Waals surface area contributed by atoms with Gasteiger partial charge in [0, 0.05) is 12.1 Å². The van der Waals surface area contributed by atoms with Crippen LogP contribution in [0.1, 0.15) is 31.2 Å². The summed E-state index contributed by atoms with van der Waals surface area (Å²) in [5.41, 5.74) is 0.455. The Kier molecular flexibility index (Phi) is 5.26. The first kappa shape index (κ1) is 21.0. The maximum absolute atomic E-state index is 13.5. The number of hydrogen-bond donors (Lipinski definition) is 2. The van der Waals surface area contributed by atoms with Gasteiger partial charge in [-0.1, -0.05) is 29.8 Å². The molecule has 0 radical (unpaired) electrons. The van der Waals surface area contributed by atoms with E-state index < -0.39 is 11.6 Å². The average molecular weight is 443 g/mol. The highest BCUT2D eigenvalue weighted by Crippen LogP contribution is 2.40. The highest BCUT2D eigenvalue weighted by Gasteiger charge is 2.49. The van der Waals surface area contributed by atoms with E-state index in [-0.39, 0.29) is 30.9 Å². The van der Waals surface area contributed by atoms with Gasteiger partial charge in [-0.25, -0.2) is 4.79 Å². The Morgan fingerprint density at radius 3 is 2.68 bits per heavy atom. The topological polar surface area (TPSA) is 94.9 Å².